The van der Waals surface area contributed by atoms with E-state index in [0.717, 1.165) is 11.1 Å². The number of carbonyl (C=O) groups is 1. The summed E-state index contributed by atoms with van der Waals surface area (Å²) in [6.45, 7) is 0. The summed E-state index contributed by atoms with van der Waals surface area (Å²) < 4.78 is 0. The van der Waals surface area contributed by atoms with Gasteiger partial charge < -0.3 is 11.1 Å². The maximum absolute atomic E-state index is 12.3. The smallest absolute Gasteiger partial charge is 0.255 e. The molecule has 120 valence electrons. The first kappa shape index (κ1) is 16.2. The molecule has 0 atom stereocenters. The molecule has 3 rings (SSSR count). The predicted molar refractivity (Wildman–Crippen MR) is 96.3 cm³/mol. The molecule has 5 nitrogen and oxygen atoms in total. The van der Waals surface area contributed by atoms with E-state index in [4.69, 9.17) is 28.9 Å². The van der Waals surface area contributed by atoms with Gasteiger partial charge in [0.2, 0.25) is 5.95 Å². The van der Waals surface area contributed by atoms with Crippen LogP contribution in [0.5, 0.6) is 0 Å². The van der Waals surface area contributed by atoms with Gasteiger partial charge >= 0.3 is 0 Å². The van der Waals surface area contributed by atoms with Gasteiger partial charge in [-0.2, -0.15) is 0 Å². The molecule has 0 saturated heterocycles. The first-order chi connectivity index (χ1) is 11.5. The van der Waals surface area contributed by atoms with E-state index < -0.39 is 0 Å². The average Bonchev–Trinajstić information content (AvgIpc) is 2.55. The van der Waals surface area contributed by atoms with Gasteiger partial charge in [0.15, 0.2) is 0 Å². The first-order valence-electron chi connectivity index (χ1n) is 6.97. The second-order valence-electron chi connectivity index (χ2n) is 5.02. The molecule has 7 heteroatoms. The van der Waals surface area contributed by atoms with Crippen LogP contribution in [0, 0.1) is 0 Å². The second kappa shape index (κ2) is 6.86. The predicted octanol–water partition coefficient (Wildman–Crippen LogP) is 4.28. The number of nitrogens with zero attached hydrogens (tertiary/aromatic N) is 2. The van der Waals surface area contributed by atoms with E-state index in [1.165, 1.54) is 0 Å². The lowest BCUT2D eigenvalue weighted by Crippen LogP contribution is -2.11. The van der Waals surface area contributed by atoms with Crippen LogP contribution in [-0.2, 0) is 0 Å². The molecule has 0 unspecified atom stereocenters. The van der Waals surface area contributed by atoms with E-state index in [1.54, 1.807) is 36.7 Å². The molecule has 0 bridgehead atoms. The van der Waals surface area contributed by atoms with Crippen LogP contribution in [0.2, 0.25) is 10.0 Å². The molecular formula is C17H12Cl2N4O. The molecular weight excluding hydrogens is 347 g/mol. The number of carbonyl (C=O) groups excluding carboxylic acids is 1. The van der Waals surface area contributed by atoms with Crippen LogP contribution < -0.4 is 11.1 Å². The van der Waals surface area contributed by atoms with Crippen molar-refractivity contribution < 1.29 is 4.79 Å². The third kappa shape index (κ3) is 3.82. The van der Waals surface area contributed by atoms with Crippen LogP contribution in [0.4, 0.5) is 11.6 Å². The molecule has 1 amide bonds. The summed E-state index contributed by atoms with van der Waals surface area (Å²) in [5.74, 6) is -0.0915. The quantitative estimate of drug-likeness (QED) is 0.731. The number of nitrogen functional groups attached to an aromatic ring is 1. The minimum Gasteiger partial charge on any atom is -0.368 e. The summed E-state index contributed by atoms with van der Waals surface area (Å²) in [5.41, 5.74) is 8.16. The van der Waals surface area contributed by atoms with Crippen molar-refractivity contribution in [3.63, 3.8) is 0 Å². The molecule has 0 aliphatic carbocycles. The SMILES string of the molecule is Nc1ncc(-c2cccc(NC(=O)c3cc(Cl)cc(Cl)c3)c2)cn1. The summed E-state index contributed by atoms with van der Waals surface area (Å²) in [7, 11) is 0. The summed E-state index contributed by atoms with van der Waals surface area (Å²) in [6.07, 6.45) is 3.25. The van der Waals surface area contributed by atoms with Gasteiger partial charge in [-0.3, -0.25) is 4.79 Å². The zero-order chi connectivity index (χ0) is 17.1. The van der Waals surface area contributed by atoms with Gasteiger partial charge in [0, 0.05) is 39.3 Å². The van der Waals surface area contributed by atoms with Crippen LogP contribution >= 0.6 is 23.2 Å². The third-order valence-electron chi connectivity index (χ3n) is 3.25. The van der Waals surface area contributed by atoms with Crippen molar-refractivity contribution in [1.82, 2.24) is 9.97 Å². The summed E-state index contributed by atoms with van der Waals surface area (Å²) in [5, 5.41) is 3.62. The molecule has 0 radical (unpaired) electrons. The number of nitrogens with one attached hydrogen (secondary N) is 1. The van der Waals surface area contributed by atoms with Crippen molar-refractivity contribution in [3.8, 4) is 11.1 Å². The molecule has 2 aromatic carbocycles. The van der Waals surface area contributed by atoms with Gasteiger partial charge in [-0.1, -0.05) is 35.3 Å². The minimum absolute atomic E-state index is 0.209. The number of anilines is 2. The molecule has 24 heavy (non-hydrogen) atoms. The maximum Gasteiger partial charge on any atom is 0.255 e. The van der Waals surface area contributed by atoms with Crippen LogP contribution in [0.15, 0.2) is 54.9 Å². The Balaban J connectivity index is 1.84. The zero-order valence-electron chi connectivity index (χ0n) is 12.3. The van der Waals surface area contributed by atoms with Crippen LogP contribution in [-0.4, -0.2) is 15.9 Å². The van der Waals surface area contributed by atoms with Crippen LogP contribution in [0.1, 0.15) is 10.4 Å². The lowest BCUT2D eigenvalue weighted by Gasteiger charge is -2.08. The normalized spacial score (nSPS) is 10.4. The Hall–Kier alpha value is -2.63. The number of hydrogen-bond donors (Lipinski definition) is 2. The van der Waals surface area contributed by atoms with Crippen molar-refractivity contribution in [2.45, 2.75) is 0 Å². The van der Waals surface area contributed by atoms with Gasteiger partial charge in [-0.25, -0.2) is 9.97 Å². The van der Waals surface area contributed by atoms with Crippen LogP contribution in [0.3, 0.4) is 0 Å². The lowest BCUT2D eigenvalue weighted by atomic mass is 10.1. The maximum atomic E-state index is 12.3. The van der Waals surface area contributed by atoms with Crippen molar-refractivity contribution in [2.24, 2.45) is 0 Å². The van der Waals surface area contributed by atoms with E-state index in [1.807, 2.05) is 18.2 Å². The Kier molecular flexibility index (Phi) is 4.64. The Bertz CT molecular complexity index is 877. The van der Waals surface area contributed by atoms with Gasteiger partial charge in [0.1, 0.15) is 0 Å². The van der Waals surface area contributed by atoms with Gasteiger partial charge in [0.25, 0.3) is 5.91 Å². The number of rotatable bonds is 3. The van der Waals surface area contributed by atoms with Gasteiger partial charge in [0.05, 0.1) is 0 Å². The fourth-order valence-electron chi connectivity index (χ4n) is 2.15. The highest BCUT2D eigenvalue weighted by Crippen LogP contribution is 2.23. The molecule has 0 aliphatic rings. The Morgan fingerprint density at radius 1 is 0.958 bits per heavy atom. The summed E-state index contributed by atoms with van der Waals surface area (Å²) in [6, 6.07) is 12.0. The largest absolute Gasteiger partial charge is 0.368 e. The van der Waals surface area contributed by atoms with Crippen molar-refractivity contribution in [2.75, 3.05) is 11.1 Å². The minimum atomic E-state index is -0.301. The van der Waals surface area contributed by atoms with E-state index in [-0.39, 0.29) is 11.9 Å². The van der Waals surface area contributed by atoms with Gasteiger partial charge in [-0.05, 0) is 35.9 Å². The molecule has 1 heterocycles. The molecule has 0 fully saturated rings. The van der Waals surface area contributed by atoms with Crippen molar-refractivity contribution in [1.29, 1.82) is 0 Å². The standard InChI is InChI=1S/C17H12Cl2N4O/c18-13-4-11(5-14(19)7-13)16(24)23-15-3-1-2-10(6-15)12-8-21-17(20)22-9-12/h1-9H,(H,23,24)(H2,20,21,22). The molecule has 0 aliphatic heterocycles. The first-order valence-corrected chi connectivity index (χ1v) is 7.72. The third-order valence-corrected chi connectivity index (χ3v) is 3.69. The number of halogens is 2. The molecule has 3 aromatic rings. The highest BCUT2D eigenvalue weighted by Gasteiger charge is 2.09. The number of amides is 1. The average molecular weight is 359 g/mol. The van der Waals surface area contributed by atoms with Gasteiger partial charge in [-0.15, -0.1) is 0 Å². The van der Waals surface area contributed by atoms with Crippen LogP contribution in [0.25, 0.3) is 11.1 Å². The topological polar surface area (TPSA) is 80.9 Å². The number of benzene rings is 2. The van der Waals surface area contributed by atoms with Crippen molar-refractivity contribution in [3.05, 3.63) is 70.5 Å². The molecule has 1 aromatic heterocycles. The fraction of sp³-hybridized carbons (Fsp3) is 0. The zero-order valence-corrected chi connectivity index (χ0v) is 13.8. The van der Waals surface area contributed by atoms with E-state index >= 15 is 0 Å². The second-order valence-corrected chi connectivity index (χ2v) is 5.90. The highest BCUT2D eigenvalue weighted by molar-refractivity contribution is 6.35. The van der Waals surface area contributed by atoms with E-state index in [2.05, 4.69) is 15.3 Å². The fourth-order valence-corrected chi connectivity index (χ4v) is 2.68. The van der Waals surface area contributed by atoms with E-state index in [9.17, 15) is 4.79 Å². The molecule has 0 spiro atoms. The lowest BCUT2D eigenvalue weighted by molar-refractivity contribution is 0.102. The van der Waals surface area contributed by atoms with Crippen molar-refractivity contribution >= 4 is 40.7 Å². The number of aromatic nitrogens is 2. The Morgan fingerprint density at radius 3 is 2.29 bits per heavy atom. The number of hydrogen-bond acceptors (Lipinski definition) is 4. The Labute approximate surface area is 148 Å². The number of nitrogens with two attached hydrogens (primary N) is 1. The van der Waals surface area contributed by atoms with E-state index in [0.29, 0.717) is 21.3 Å². The molecule has 0 saturated carbocycles. The highest BCUT2D eigenvalue weighted by atomic mass is 35.5. The molecule has 3 N–H and O–H groups in total. The summed E-state index contributed by atoms with van der Waals surface area (Å²) in [4.78, 5) is 20.3. The Morgan fingerprint density at radius 2 is 1.62 bits per heavy atom. The monoisotopic (exact) mass is 358 g/mol. The summed E-state index contributed by atoms with van der Waals surface area (Å²) >= 11 is 11.9.